The SMILES string of the molecule is O=C(Cc1cscn1)NCc1ccc(F)cc1. The van der Waals surface area contributed by atoms with Gasteiger partial charge in [-0.25, -0.2) is 9.37 Å². The van der Waals surface area contributed by atoms with Gasteiger partial charge in [-0.15, -0.1) is 11.3 Å². The van der Waals surface area contributed by atoms with Crippen molar-refractivity contribution in [2.24, 2.45) is 0 Å². The molecule has 1 amide bonds. The topological polar surface area (TPSA) is 42.0 Å². The smallest absolute Gasteiger partial charge is 0.226 e. The predicted octanol–water partition coefficient (Wildman–Crippen LogP) is 2.14. The Labute approximate surface area is 102 Å². The van der Waals surface area contributed by atoms with E-state index >= 15 is 0 Å². The second-order valence-electron chi connectivity index (χ2n) is 3.56. The molecular formula is C12H11FN2OS. The normalized spacial score (nSPS) is 10.2. The lowest BCUT2D eigenvalue weighted by Gasteiger charge is -2.04. The van der Waals surface area contributed by atoms with E-state index in [1.54, 1.807) is 17.6 Å². The van der Waals surface area contributed by atoms with E-state index in [0.717, 1.165) is 11.3 Å². The summed E-state index contributed by atoms with van der Waals surface area (Å²) in [4.78, 5) is 15.6. The van der Waals surface area contributed by atoms with Crippen LogP contribution in [0.25, 0.3) is 0 Å². The molecule has 0 spiro atoms. The summed E-state index contributed by atoms with van der Waals surface area (Å²) in [5.41, 5.74) is 3.34. The minimum atomic E-state index is -0.275. The Kier molecular flexibility index (Phi) is 3.82. The van der Waals surface area contributed by atoms with Gasteiger partial charge in [-0.05, 0) is 17.7 Å². The highest BCUT2D eigenvalue weighted by Gasteiger charge is 2.04. The van der Waals surface area contributed by atoms with Crippen LogP contribution in [0.2, 0.25) is 0 Å². The molecule has 0 fully saturated rings. The zero-order valence-electron chi connectivity index (χ0n) is 9.02. The van der Waals surface area contributed by atoms with Crippen LogP contribution >= 0.6 is 11.3 Å². The highest BCUT2D eigenvalue weighted by molar-refractivity contribution is 7.07. The zero-order chi connectivity index (χ0) is 12.1. The van der Waals surface area contributed by atoms with Crippen LogP contribution in [0.15, 0.2) is 35.2 Å². The van der Waals surface area contributed by atoms with Gasteiger partial charge in [0.05, 0.1) is 17.6 Å². The maximum absolute atomic E-state index is 12.6. The number of thiazole rings is 1. The van der Waals surface area contributed by atoms with Gasteiger partial charge < -0.3 is 5.32 Å². The number of hydrogen-bond acceptors (Lipinski definition) is 3. The third-order valence-electron chi connectivity index (χ3n) is 2.23. The van der Waals surface area contributed by atoms with Crippen LogP contribution in [-0.2, 0) is 17.8 Å². The molecule has 1 heterocycles. The molecule has 2 rings (SSSR count). The van der Waals surface area contributed by atoms with E-state index in [1.165, 1.54) is 23.5 Å². The molecule has 0 bridgehead atoms. The molecule has 3 nitrogen and oxygen atoms in total. The van der Waals surface area contributed by atoms with Gasteiger partial charge in [0.1, 0.15) is 5.82 Å². The second kappa shape index (κ2) is 5.54. The number of benzene rings is 1. The molecule has 0 atom stereocenters. The van der Waals surface area contributed by atoms with Crippen molar-refractivity contribution in [1.29, 1.82) is 0 Å². The molecule has 5 heteroatoms. The van der Waals surface area contributed by atoms with Crippen LogP contribution in [0.4, 0.5) is 4.39 Å². The second-order valence-corrected chi connectivity index (χ2v) is 4.28. The fraction of sp³-hybridized carbons (Fsp3) is 0.167. The van der Waals surface area contributed by atoms with E-state index in [9.17, 15) is 9.18 Å². The molecule has 0 unspecified atom stereocenters. The van der Waals surface area contributed by atoms with Gasteiger partial charge in [0.15, 0.2) is 0 Å². The monoisotopic (exact) mass is 250 g/mol. The van der Waals surface area contributed by atoms with Crippen LogP contribution in [-0.4, -0.2) is 10.9 Å². The lowest BCUT2D eigenvalue weighted by molar-refractivity contribution is -0.120. The van der Waals surface area contributed by atoms with Gasteiger partial charge in [0.25, 0.3) is 0 Å². The Bertz CT molecular complexity index is 482. The molecule has 1 aromatic carbocycles. The maximum atomic E-state index is 12.6. The third kappa shape index (κ3) is 3.64. The van der Waals surface area contributed by atoms with Crippen molar-refractivity contribution < 1.29 is 9.18 Å². The Balaban J connectivity index is 1.82. The first-order valence-corrected chi connectivity index (χ1v) is 6.06. The fourth-order valence-electron chi connectivity index (χ4n) is 1.35. The van der Waals surface area contributed by atoms with Gasteiger partial charge in [-0.1, -0.05) is 12.1 Å². The van der Waals surface area contributed by atoms with E-state index in [0.29, 0.717) is 6.54 Å². The summed E-state index contributed by atoms with van der Waals surface area (Å²) in [5.74, 6) is -0.359. The van der Waals surface area contributed by atoms with E-state index < -0.39 is 0 Å². The fourth-order valence-corrected chi connectivity index (χ4v) is 1.91. The van der Waals surface area contributed by atoms with Crippen molar-refractivity contribution in [3.05, 3.63) is 52.2 Å². The molecule has 0 aliphatic heterocycles. The number of carbonyl (C=O) groups is 1. The summed E-state index contributed by atoms with van der Waals surface area (Å²) in [5, 5.41) is 4.60. The van der Waals surface area contributed by atoms with Gasteiger partial charge in [-0.3, -0.25) is 4.79 Å². The summed E-state index contributed by atoms with van der Waals surface area (Å²) < 4.78 is 12.6. The first-order valence-electron chi connectivity index (χ1n) is 5.12. The summed E-state index contributed by atoms with van der Waals surface area (Å²) in [7, 11) is 0. The van der Waals surface area contributed by atoms with E-state index in [-0.39, 0.29) is 18.1 Å². The molecule has 2 aromatic rings. The van der Waals surface area contributed by atoms with Crippen LogP contribution in [0.3, 0.4) is 0 Å². The number of nitrogens with zero attached hydrogens (tertiary/aromatic N) is 1. The van der Waals surface area contributed by atoms with E-state index in [2.05, 4.69) is 10.3 Å². The van der Waals surface area contributed by atoms with Crippen molar-refractivity contribution >= 4 is 17.2 Å². The number of aromatic nitrogens is 1. The standard InChI is InChI=1S/C12H11FN2OS/c13-10-3-1-9(2-4-10)6-14-12(16)5-11-7-17-8-15-11/h1-4,7-8H,5-6H2,(H,14,16). The van der Waals surface area contributed by atoms with Crippen LogP contribution in [0.1, 0.15) is 11.3 Å². The molecule has 88 valence electrons. The summed E-state index contributed by atoms with van der Waals surface area (Å²) in [6.07, 6.45) is 0.282. The molecular weight excluding hydrogens is 239 g/mol. The van der Waals surface area contributed by atoms with E-state index in [1.807, 2.05) is 5.38 Å². The summed E-state index contributed by atoms with van der Waals surface area (Å²) >= 11 is 1.46. The van der Waals surface area contributed by atoms with Crippen LogP contribution < -0.4 is 5.32 Å². The third-order valence-corrected chi connectivity index (χ3v) is 2.86. The van der Waals surface area contributed by atoms with Crippen LogP contribution in [0, 0.1) is 5.82 Å². The largest absolute Gasteiger partial charge is 0.352 e. The quantitative estimate of drug-likeness (QED) is 0.903. The van der Waals surface area contributed by atoms with Crippen molar-refractivity contribution in [3.63, 3.8) is 0 Å². The van der Waals surface area contributed by atoms with Crippen LogP contribution in [0.5, 0.6) is 0 Å². The minimum absolute atomic E-state index is 0.0831. The van der Waals surface area contributed by atoms with Gasteiger partial charge in [0, 0.05) is 11.9 Å². The number of rotatable bonds is 4. The number of carbonyl (C=O) groups excluding carboxylic acids is 1. The molecule has 1 N–H and O–H groups in total. The first kappa shape index (κ1) is 11.7. The zero-order valence-corrected chi connectivity index (χ0v) is 9.84. The number of halogens is 1. The molecule has 0 aliphatic rings. The number of amides is 1. The minimum Gasteiger partial charge on any atom is -0.352 e. The Morgan fingerprint density at radius 3 is 2.76 bits per heavy atom. The van der Waals surface area contributed by atoms with Gasteiger partial charge in [-0.2, -0.15) is 0 Å². The van der Waals surface area contributed by atoms with Gasteiger partial charge in [0.2, 0.25) is 5.91 Å². The molecule has 17 heavy (non-hydrogen) atoms. The molecule has 0 aliphatic carbocycles. The molecule has 0 radical (unpaired) electrons. The highest BCUT2D eigenvalue weighted by Crippen LogP contribution is 2.04. The van der Waals surface area contributed by atoms with Crippen molar-refractivity contribution in [3.8, 4) is 0 Å². The summed E-state index contributed by atoms with van der Waals surface area (Å²) in [6, 6.07) is 6.06. The average molecular weight is 250 g/mol. The molecule has 0 saturated carbocycles. The Morgan fingerprint density at radius 2 is 2.12 bits per heavy atom. The summed E-state index contributed by atoms with van der Waals surface area (Å²) in [6.45, 7) is 0.406. The maximum Gasteiger partial charge on any atom is 0.226 e. The van der Waals surface area contributed by atoms with Gasteiger partial charge >= 0.3 is 0 Å². The predicted molar refractivity (Wildman–Crippen MR) is 64.1 cm³/mol. The van der Waals surface area contributed by atoms with Crippen molar-refractivity contribution in [2.75, 3.05) is 0 Å². The lowest BCUT2D eigenvalue weighted by Crippen LogP contribution is -2.24. The average Bonchev–Trinajstić information content (AvgIpc) is 2.81. The highest BCUT2D eigenvalue weighted by atomic mass is 32.1. The Morgan fingerprint density at radius 1 is 1.35 bits per heavy atom. The van der Waals surface area contributed by atoms with Crippen molar-refractivity contribution in [2.45, 2.75) is 13.0 Å². The van der Waals surface area contributed by atoms with Crippen molar-refractivity contribution in [1.82, 2.24) is 10.3 Å². The number of hydrogen-bond donors (Lipinski definition) is 1. The van der Waals surface area contributed by atoms with E-state index in [4.69, 9.17) is 0 Å². The Hall–Kier alpha value is -1.75. The lowest BCUT2D eigenvalue weighted by atomic mass is 10.2. The molecule has 1 aromatic heterocycles. The number of nitrogens with one attached hydrogen (secondary N) is 1. The molecule has 0 saturated heterocycles. The first-order chi connectivity index (χ1) is 8.24.